The van der Waals surface area contributed by atoms with E-state index in [1.165, 1.54) is 17.6 Å². The summed E-state index contributed by atoms with van der Waals surface area (Å²) in [6.45, 7) is 7.26. The SMILES string of the molecule is COc1ccc(C)cc1C[NH+]1CCN(S(=O)(=O)c2cc(C)ccc2OC)CC1. The van der Waals surface area contributed by atoms with Gasteiger partial charge in [-0.25, -0.2) is 8.42 Å². The van der Waals surface area contributed by atoms with Gasteiger partial charge in [0, 0.05) is 5.56 Å². The third-order valence-electron chi connectivity index (χ3n) is 5.24. The molecule has 0 amide bonds. The zero-order valence-electron chi connectivity index (χ0n) is 17.0. The van der Waals surface area contributed by atoms with Crippen LogP contribution in [-0.4, -0.2) is 53.1 Å². The lowest BCUT2D eigenvalue weighted by atomic mass is 10.1. The Morgan fingerprint density at radius 3 is 2.11 bits per heavy atom. The third-order valence-corrected chi connectivity index (χ3v) is 7.16. The third kappa shape index (κ3) is 4.32. The van der Waals surface area contributed by atoms with Crippen LogP contribution in [0.2, 0.25) is 0 Å². The van der Waals surface area contributed by atoms with E-state index in [2.05, 4.69) is 13.0 Å². The molecule has 0 aromatic heterocycles. The van der Waals surface area contributed by atoms with Crippen molar-refractivity contribution in [2.24, 2.45) is 0 Å². The number of benzene rings is 2. The highest BCUT2D eigenvalue weighted by atomic mass is 32.2. The Hall–Kier alpha value is -2.09. The number of sulfonamides is 1. The van der Waals surface area contributed by atoms with Crippen LogP contribution in [0.25, 0.3) is 0 Å². The Morgan fingerprint density at radius 2 is 1.50 bits per heavy atom. The molecule has 0 aliphatic carbocycles. The number of piperazine rings is 1. The van der Waals surface area contributed by atoms with Crippen molar-refractivity contribution in [1.29, 1.82) is 0 Å². The molecule has 1 aliphatic heterocycles. The first-order chi connectivity index (χ1) is 13.3. The average molecular weight is 406 g/mol. The Morgan fingerprint density at radius 1 is 0.929 bits per heavy atom. The molecule has 2 aromatic rings. The van der Waals surface area contributed by atoms with E-state index in [1.807, 2.05) is 25.1 Å². The number of ether oxygens (including phenoxy) is 2. The second-order valence-electron chi connectivity index (χ2n) is 7.30. The molecular weight excluding hydrogens is 376 g/mol. The van der Waals surface area contributed by atoms with Gasteiger partial charge in [-0.1, -0.05) is 17.7 Å². The fourth-order valence-corrected chi connectivity index (χ4v) is 5.34. The monoisotopic (exact) mass is 405 g/mol. The molecule has 1 fully saturated rings. The molecular formula is C21H29N2O4S+. The molecule has 0 bridgehead atoms. The standard InChI is InChI=1S/C21H28N2O4S/c1-16-5-7-19(26-3)18(13-16)15-22-9-11-23(12-10-22)28(24,25)21-14-17(2)6-8-20(21)27-4/h5-8,13-14H,9-12,15H2,1-4H3/p+1. The van der Waals surface area contributed by atoms with Gasteiger partial charge in [-0.05, 0) is 43.7 Å². The van der Waals surface area contributed by atoms with Crippen LogP contribution in [0.15, 0.2) is 41.3 Å². The van der Waals surface area contributed by atoms with Gasteiger partial charge in [0.25, 0.3) is 0 Å². The van der Waals surface area contributed by atoms with Crippen molar-refractivity contribution in [3.63, 3.8) is 0 Å². The van der Waals surface area contributed by atoms with Gasteiger partial charge in [-0.3, -0.25) is 0 Å². The van der Waals surface area contributed by atoms with Crippen LogP contribution in [0.5, 0.6) is 11.5 Å². The summed E-state index contributed by atoms with van der Waals surface area (Å²) in [7, 11) is -0.388. The zero-order valence-corrected chi connectivity index (χ0v) is 17.8. The number of nitrogens with zero attached hydrogens (tertiary/aromatic N) is 1. The average Bonchev–Trinajstić information content (AvgIpc) is 2.68. The fraction of sp³-hybridized carbons (Fsp3) is 0.429. The first kappa shape index (κ1) is 20.6. The number of quaternary nitrogens is 1. The number of rotatable bonds is 6. The van der Waals surface area contributed by atoms with Crippen LogP contribution >= 0.6 is 0 Å². The molecule has 1 aliphatic rings. The van der Waals surface area contributed by atoms with Crippen molar-refractivity contribution in [1.82, 2.24) is 4.31 Å². The molecule has 0 spiro atoms. The molecule has 6 nitrogen and oxygen atoms in total. The lowest BCUT2D eigenvalue weighted by Crippen LogP contribution is -3.13. The Labute approximate surface area is 167 Å². The topological polar surface area (TPSA) is 60.3 Å². The highest BCUT2D eigenvalue weighted by Gasteiger charge is 2.32. The van der Waals surface area contributed by atoms with Gasteiger partial charge in [0.2, 0.25) is 10.0 Å². The first-order valence-electron chi connectivity index (χ1n) is 9.47. The van der Waals surface area contributed by atoms with Crippen molar-refractivity contribution in [2.45, 2.75) is 25.3 Å². The van der Waals surface area contributed by atoms with E-state index in [-0.39, 0.29) is 4.90 Å². The van der Waals surface area contributed by atoms with Gasteiger partial charge in [0.1, 0.15) is 22.9 Å². The molecule has 1 heterocycles. The van der Waals surface area contributed by atoms with E-state index in [0.29, 0.717) is 18.8 Å². The Kier molecular flexibility index (Phi) is 6.27. The normalized spacial score (nSPS) is 16.1. The van der Waals surface area contributed by atoms with Crippen molar-refractivity contribution in [3.05, 3.63) is 53.1 Å². The maximum atomic E-state index is 13.1. The summed E-state index contributed by atoms with van der Waals surface area (Å²) in [6, 6.07) is 11.4. The summed E-state index contributed by atoms with van der Waals surface area (Å²) in [4.78, 5) is 1.60. The van der Waals surface area contributed by atoms with Crippen LogP contribution in [-0.2, 0) is 16.6 Å². The summed E-state index contributed by atoms with van der Waals surface area (Å²) in [5.41, 5.74) is 3.26. The van der Waals surface area contributed by atoms with E-state index >= 15 is 0 Å². The van der Waals surface area contributed by atoms with Gasteiger partial charge >= 0.3 is 0 Å². The van der Waals surface area contributed by atoms with Crippen molar-refractivity contribution in [3.8, 4) is 11.5 Å². The van der Waals surface area contributed by atoms with Crippen molar-refractivity contribution in [2.75, 3.05) is 40.4 Å². The van der Waals surface area contributed by atoms with Crippen LogP contribution in [0, 0.1) is 13.8 Å². The number of hydrogen-bond donors (Lipinski definition) is 1. The Balaban J connectivity index is 1.72. The van der Waals surface area contributed by atoms with Gasteiger partial charge in [-0.2, -0.15) is 4.31 Å². The molecule has 0 saturated carbocycles. The van der Waals surface area contributed by atoms with Gasteiger partial charge in [0.05, 0.1) is 40.4 Å². The van der Waals surface area contributed by atoms with Crippen LogP contribution in [0.4, 0.5) is 0 Å². The smallest absolute Gasteiger partial charge is 0.247 e. The molecule has 1 N–H and O–H groups in total. The largest absolute Gasteiger partial charge is 0.496 e. The molecule has 1 saturated heterocycles. The predicted octanol–water partition coefficient (Wildman–Crippen LogP) is 1.41. The summed E-state index contributed by atoms with van der Waals surface area (Å²) in [5, 5.41) is 0. The molecule has 152 valence electrons. The van der Waals surface area contributed by atoms with E-state index in [0.717, 1.165) is 36.5 Å². The maximum absolute atomic E-state index is 13.1. The molecule has 0 radical (unpaired) electrons. The van der Waals surface area contributed by atoms with Crippen LogP contribution in [0.3, 0.4) is 0 Å². The van der Waals surface area contributed by atoms with Gasteiger partial charge in [0.15, 0.2) is 0 Å². The minimum Gasteiger partial charge on any atom is -0.496 e. The van der Waals surface area contributed by atoms with E-state index in [4.69, 9.17) is 9.47 Å². The minimum atomic E-state index is -3.57. The molecule has 0 atom stereocenters. The van der Waals surface area contributed by atoms with E-state index in [1.54, 1.807) is 23.5 Å². The highest BCUT2D eigenvalue weighted by molar-refractivity contribution is 7.89. The fourth-order valence-electron chi connectivity index (χ4n) is 3.66. The van der Waals surface area contributed by atoms with Gasteiger partial charge < -0.3 is 14.4 Å². The van der Waals surface area contributed by atoms with E-state index in [9.17, 15) is 8.42 Å². The first-order valence-corrected chi connectivity index (χ1v) is 10.9. The summed E-state index contributed by atoms with van der Waals surface area (Å²) < 4.78 is 38.6. The maximum Gasteiger partial charge on any atom is 0.247 e. The predicted molar refractivity (Wildman–Crippen MR) is 109 cm³/mol. The second kappa shape index (κ2) is 8.51. The number of aryl methyl sites for hydroxylation is 2. The number of hydrogen-bond acceptors (Lipinski definition) is 4. The van der Waals surface area contributed by atoms with Crippen molar-refractivity contribution >= 4 is 10.0 Å². The summed E-state index contributed by atoms with van der Waals surface area (Å²) in [5.74, 6) is 1.28. The van der Waals surface area contributed by atoms with Crippen LogP contribution < -0.4 is 14.4 Å². The van der Waals surface area contributed by atoms with Crippen molar-refractivity contribution < 1.29 is 22.8 Å². The second-order valence-corrected chi connectivity index (χ2v) is 9.21. The van der Waals surface area contributed by atoms with E-state index < -0.39 is 10.0 Å². The minimum absolute atomic E-state index is 0.249. The van der Waals surface area contributed by atoms with Crippen LogP contribution in [0.1, 0.15) is 16.7 Å². The summed E-state index contributed by atoms with van der Waals surface area (Å²) >= 11 is 0. The molecule has 7 heteroatoms. The lowest BCUT2D eigenvalue weighted by molar-refractivity contribution is -0.917. The summed E-state index contributed by atoms with van der Waals surface area (Å²) in [6.07, 6.45) is 0. The highest BCUT2D eigenvalue weighted by Crippen LogP contribution is 2.27. The molecule has 28 heavy (non-hydrogen) atoms. The number of nitrogens with one attached hydrogen (secondary N) is 1. The molecule has 0 unspecified atom stereocenters. The Bertz CT molecular complexity index is 935. The molecule has 3 rings (SSSR count). The zero-order chi connectivity index (χ0) is 20.3. The quantitative estimate of drug-likeness (QED) is 0.790. The molecule has 2 aromatic carbocycles. The van der Waals surface area contributed by atoms with Gasteiger partial charge in [-0.15, -0.1) is 0 Å². The number of methoxy groups -OCH3 is 2. The lowest BCUT2D eigenvalue weighted by Gasteiger charge is -2.32.